The van der Waals surface area contributed by atoms with Crippen LogP contribution in [-0.2, 0) is 4.74 Å². The minimum absolute atomic E-state index is 0.0697. The first-order chi connectivity index (χ1) is 8.60. The first-order valence-electron chi connectivity index (χ1n) is 5.97. The summed E-state index contributed by atoms with van der Waals surface area (Å²) in [6, 6.07) is 3.81. The summed E-state index contributed by atoms with van der Waals surface area (Å²) >= 11 is 0. The van der Waals surface area contributed by atoms with E-state index in [0.29, 0.717) is 18.7 Å². The van der Waals surface area contributed by atoms with E-state index in [4.69, 9.17) is 4.74 Å². The highest BCUT2D eigenvalue weighted by molar-refractivity contribution is 5.96. The van der Waals surface area contributed by atoms with Crippen LogP contribution in [0.5, 0.6) is 0 Å². The van der Waals surface area contributed by atoms with E-state index in [9.17, 15) is 4.79 Å². The van der Waals surface area contributed by atoms with E-state index < -0.39 is 0 Å². The number of carbonyl (C=O) groups excluding carboxylic acids is 1. The molecule has 0 atom stereocenters. The summed E-state index contributed by atoms with van der Waals surface area (Å²) in [7, 11) is 1.61. The van der Waals surface area contributed by atoms with Gasteiger partial charge in [0.05, 0.1) is 12.3 Å². The van der Waals surface area contributed by atoms with E-state index in [1.807, 2.05) is 32.9 Å². The average molecular weight is 248 g/mol. The minimum Gasteiger partial charge on any atom is -0.383 e. The summed E-state index contributed by atoms with van der Waals surface area (Å²) in [5.41, 5.74) is 3.52. The fraction of sp³-hybridized carbons (Fsp3) is 0.429. The second-order valence-electron chi connectivity index (χ2n) is 4.09. The average Bonchev–Trinajstić information content (AvgIpc) is 2.34. The molecule has 1 N–H and O–H groups in total. The standard InChI is InChI=1S/C14H20N2O2/c1-5-15-13-9-10(2)12(8-11(13)3)14(17)16-6-7-18-4/h5,8-9H,6-7H2,1-4H3,(H,16,17). The first-order valence-corrected chi connectivity index (χ1v) is 5.97. The Labute approximate surface area is 108 Å². The smallest absolute Gasteiger partial charge is 0.251 e. The van der Waals surface area contributed by atoms with Crippen molar-refractivity contribution >= 4 is 17.8 Å². The van der Waals surface area contributed by atoms with Gasteiger partial charge in [-0.1, -0.05) is 0 Å². The van der Waals surface area contributed by atoms with Crippen LogP contribution < -0.4 is 5.32 Å². The number of carbonyl (C=O) groups is 1. The van der Waals surface area contributed by atoms with Crippen LogP contribution in [0.2, 0.25) is 0 Å². The molecular formula is C14H20N2O2. The van der Waals surface area contributed by atoms with E-state index in [0.717, 1.165) is 16.8 Å². The molecule has 18 heavy (non-hydrogen) atoms. The molecule has 0 heterocycles. The van der Waals surface area contributed by atoms with E-state index in [-0.39, 0.29) is 5.91 Å². The Morgan fingerprint density at radius 2 is 2.11 bits per heavy atom. The van der Waals surface area contributed by atoms with Crippen molar-refractivity contribution in [2.75, 3.05) is 20.3 Å². The van der Waals surface area contributed by atoms with Gasteiger partial charge in [-0.3, -0.25) is 9.79 Å². The van der Waals surface area contributed by atoms with Gasteiger partial charge in [0.15, 0.2) is 0 Å². The van der Waals surface area contributed by atoms with E-state index in [1.54, 1.807) is 13.3 Å². The zero-order valence-electron chi connectivity index (χ0n) is 11.4. The molecule has 0 aliphatic rings. The molecule has 1 amide bonds. The third kappa shape index (κ3) is 3.67. The van der Waals surface area contributed by atoms with Gasteiger partial charge in [-0.2, -0.15) is 0 Å². The summed E-state index contributed by atoms with van der Waals surface area (Å²) in [5.74, 6) is -0.0697. The molecular weight excluding hydrogens is 228 g/mol. The van der Waals surface area contributed by atoms with Crippen molar-refractivity contribution in [1.29, 1.82) is 0 Å². The van der Waals surface area contributed by atoms with Crippen LogP contribution in [0.25, 0.3) is 0 Å². The van der Waals surface area contributed by atoms with Crippen molar-refractivity contribution in [3.05, 3.63) is 28.8 Å². The van der Waals surface area contributed by atoms with Crippen molar-refractivity contribution in [3.63, 3.8) is 0 Å². The number of amides is 1. The number of hydrogen-bond acceptors (Lipinski definition) is 3. The number of methoxy groups -OCH3 is 1. The van der Waals surface area contributed by atoms with Crippen LogP contribution in [0.3, 0.4) is 0 Å². The summed E-state index contributed by atoms with van der Waals surface area (Å²) in [6.45, 7) is 6.78. The minimum atomic E-state index is -0.0697. The van der Waals surface area contributed by atoms with Crippen molar-refractivity contribution in [3.8, 4) is 0 Å². The topological polar surface area (TPSA) is 50.7 Å². The van der Waals surface area contributed by atoms with Gasteiger partial charge < -0.3 is 10.1 Å². The van der Waals surface area contributed by atoms with Crippen LogP contribution >= 0.6 is 0 Å². The van der Waals surface area contributed by atoms with Gasteiger partial charge in [0.25, 0.3) is 5.91 Å². The molecule has 4 heteroatoms. The highest BCUT2D eigenvalue weighted by atomic mass is 16.5. The zero-order valence-corrected chi connectivity index (χ0v) is 11.4. The highest BCUT2D eigenvalue weighted by Crippen LogP contribution is 2.23. The molecule has 0 aromatic heterocycles. The molecule has 0 saturated carbocycles. The normalized spacial score (nSPS) is 10.9. The number of benzene rings is 1. The number of aryl methyl sites for hydroxylation is 2. The number of ether oxygens (including phenoxy) is 1. The predicted octanol–water partition coefficient (Wildman–Crippen LogP) is 2.40. The predicted molar refractivity (Wildman–Crippen MR) is 74.0 cm³/mol. The Balaban J connectivity index is 2.90. The fourth-order valence-electron chi connectivity index (χ4n) is 1.69. The molecule has 0 fully saturated rings. The van der Waals surface area contributed by atoms with Gasteiger partial charge in [-0.15, -0.1) is 0 Å². The van der Waals surface area contributed by atoms with Gasteiger partial charge in [0, 0.05) is 25.4 Å². The van der Waals surface area contributed by atoms with Crippen LogP contribution in [0.1, 0.15) is 28.4 Å². The fourth-order valence-corrected chi connectivity index (χ4v) is 1.69. The highest BCUT2D eigenvalue weighted by Gasteiger charge is 2.10. The van der Waals surface area contributed by atoms with Gasteiger partial charge in [-0.25, -0.2) is 0 Å². The number of hydrogen-bond donors (Lipinski definition) is 1. The second-order valence-corrected chi connectivity index (χ2v) is 4.09. The van der Waals surface area contributed by atoms with Gasteiger partial charge in [-0.05, 0) is 44.0 Å². The zero-order chi connectivity index (χ0) is 13.5. The quantitative estimate of drug-likeness (QED) is 0.642. The van der Waals surface area contributed by atoms with E-state index in [2.05, 4.69) is 10.3 Å². The van der Waals surface area contributed by atoms with Crippen molar-refractivity contribution in [1.82, 2.24) is 5.32 Å². The number of nitrogens with one attached hydrogen (secondary N) is 1. The van der Waals surface area contributed by atoms with E-state index >= 15 is 0 Å². The third-order valence-electron chi connectivity index (χ3n) is 2.65. The molecule has 0 spiro atoms. The maximum absolute atomic E-state index is 12.0. The van der Waals surface area contributed by atoms with Crippen molar-refractivity contribution in [2.45, 2.75) is 20.8 Å². The van der Waals surface area contributed by atoms with Crippen LogP contribution in [0, 0.1) is 13.8 Å². The molecule has 0 radical (unpaired) electrons. The second kappa shape index (κ2) is 6.91. The molecule has 4 nitrogen and oxygen atoms in total. The molecule has 0 unspecified atom stereocenters. The largest absolute Gasteiger partial charge is 0.383 e. The lowest BCUT2D eigenvalue weighted by Crippen LogP contribution is -2.27. The Morgan fingerprint density at radius 3 is 2.72 bits per heavy atom. The van der Waals surface area contributed by atoms with Crippen LogP contribution in [0.15, 0.2) is 17.1 Å². The SMILES string of the molecule is CC=Nc1cc(C)c(C(=O)NCCOC)cc1C. The lowest BCUT2D eigenvalue weighted by atomic mass is 10.0. The number of nitrogens with zero attached hydrogens (tertiary/aromatic N) is 1. The molecule has 98 valence electrons. The lowest BCUT2D eigenvalue weighted by Gasteiger charge is -2.10. The Kier molecular flexibility index (Phi) is 5.52. The maximum Gasteiger partial charge on any atom is 0.251 e. The molecule has 1 aromatic carbocycles. The number of rotatable bonds is 5. The first kappa shape index (κ1) is 14.4. The molecule has 0 bridgehead atoms. The summed E-state index contributed by atoms with van der Waals surface area (Å²) in [6.07, 6.45) is 1.75. The summed E-state index contributed by atoms with van der Waals surface area (Å²) < 4.78 is 4.90. The Morgan fingerprint density at radius 1 is 1.39 bits per heavy atom. The van der Waals surface area contributed by atoms with Gasteiger partial charge in [0.1, 0.15) is 0 Å². The maximum atomic E-state index is 12.0. The molecule has 0 aliphatic carbocycles. The van der Waals surface area contributed by atoms with E-state index in [1.165, 1.54) is 0 Å². The third-order valence-corrected chi connectivity index (χ3v) is 2.65. The Bertz CT molecular complexity index is 453. The molecule has 0 saturated heterocycles. The Hall–Kier alpha value is -1.68. The van der Waals surface area contributed by atoms with Gasteiger partial charge in [0.2, 0.25) is 0 Å². The van der Waals surface area contributed by atoms with Gasteiger partial charge >= 0.3 is 0 Å². The van der Waals surface area contributed by atoms with Crippen molar-refractivity contribution in [2.24, 2.45) is 4.99 Å². The molecule has 1 rings (SSSR count). The lowest BCUT2D eigenvalue weighted by molar-refractivity contribution is 0.0936. The number of aliphatic imine (C=N–C) groups is 1. The molecule has 0 aliphatic heterocycles. The monoisotopic (exact) mass is 248 g/mol. The van der Waals surface area contributed by atoms with Crippen LogP contribution in [0.4, 0.5) is 5.69 Å². The van der Waals surface area contributed by atoms with Crippen molar-refractivity contribution < 1.29 is 9.53 Å². The van der Waals surface area contributed by atoms with Crippen LogP contribution in [-0.4, -0.2) is 32.4 Å². The summed E-state index contributed by atoms with van der Waals surface area (Å²) in [4.78, 5) is 16.2. The molecule has 1 aromatic rings. The summed E-state index contributed by atoms with van der Waals surface area (Å²) in [5, 5.41) is 2.82.